The standard InChI is InChI=1S/C17H31N/c1-3-5-7-12-17(18-15-4-2)14-13-16-10-8-6-9-11-16/h16-18H,4,6-15H2,1-2H3. The molecule has 18 heavy (non-hydrogen) atoms. The van der Waals surface area contributed by atoms with E-state index in [1.807, 2.05) is 6.92 Å². The van der Waals surface area contributed by atoms with Gasteiger partial charge in [0.15, 0.2) is 0 Å². The van der Waals surface area contributed by atoms with Crippen molar-refractivity contribution in [2.45, 2.75) is 84.1 Å². The summed E-state index contributed by atoms with van der Waals surface area (Å²) in [6.07, 6.45) is 13.7. The normalized spacial score (nSPS) is 18.1. The third-order valence-corrected chi connectivity index (χ3v) is 4.13. The predicted octanol–water partition coefficient (Wildman–Crippen LogP) is 4.52. The van der Waals surface area contributed by atoms with E-state index in [1.165, 1.54) is 57.8 Å². The molecule has 0 aromatic heterocycles. The van der Waals surface area contributed by atoms with E-state index < -0.39 is 0 Å². The Balaban J connectivity index is 2.21. The van der Waals surface area contributed by atoms with Gasteiger partial charge in [0.25, 0.3) is 0 Å². The SMILES string of the molecule is CC#CCCC(CCC1CCCCC1)NCCC. The summed E-state index contributed by atoms with van der Waals surface area (Å²) in [6, 6.07) is 0.702. The van der Waals surface area contributed by atoms with Crippen LogP contribution in [0.3, 0.4) is 0 Å². The van der Waals surface area contributed by atoms with Gasteiger partial charge in [0.2, 0.25) is 0 Å². The van der Waals surface area contributed by atoms with E-state index in [0.717, 1.165) is 18.9 Å². The summed E-state index contributed by atoms with van der Waals surface area (Å²) in [5.74, 6) is 7.23. The fourth-order valence-electron chi connectivity index (χ4n) is 2.98. The second-order valence-corrected chi connectivity index (χ2v) is 5.70. The second kappa shape index (κ2) is 10.4. The molecule has 0 aromatic rings. The van der Waals surface area contributed by atoms with Crippen LogP contribution in [0.25, 0.3) is 0 Å². The molecule has 0 saturated heterocycles. The zero-order chi connectivity index (χ0) is 13.1. The Labute approximate surface area is 114 Å². The van der Waals surface area contributed by atoms with Crippen LogP contribution in [0.1, 0.15) is 78.1 Å². The largest absolute Gasteiger partial charge is 0.314 e. The van der Waals surface area contributed by atoms with Crippen LogP contribution in [0.2, 0.25) is 0 Å². The van der Waals surface area contributed by atoms with Gasteiger partial charge in [-0.2, -0.15) is 0 Å². The lowest BCUT2D eigenvalue weighted by Gasteiger charge is -2.24. The van der Waals surface area contributed by atoms with E-state index in [0.29, 0.717) is 6.04 Å². The number of rotatable bonds is 8. The van der Waals surface area contributed by atoms with E-state index in [1.54, 1.807) is 0 Å². The van der Waals surface area contributed by atoms with Crippen molar-refractivity contribution in [3.05, 3.63) is 0 Å². The summed E-state index contributed by atoms with van der Waals surface area (Å²) >= 11 is 0. The van der Waals surface area contributed by atoms with Gasteiger partial charge in [-0.25, -0.2) is 0 Å². The van der Waals surface area contributed by atoms with E-state index in [2.05, 4.69) is 24.1 Å². The highest BCUT2D eigenvalue weighted by molar-refractivity contribution is 4.95. The molecular weight excluding hydrogens is 218 g/mol. The van der Waals surface area contributed by atoms with E-state index >= 15 is 0 Å². The Morgan fingerprint density at radius 1 is 1.17 bits per heavy atom. The Bertz CT molecular complexity index is 242. The van der Waals surface area contributed by atoms with Gasteiger partial charge in [-0.15, -0.1) is 11.8 Å². The van der Waals surface area contributed by atoms with Crippen molar-refractivity contribution in [2.24, 2.45) is 5.92 Å². The first-order valence-corrected chi connectivity index (χ1v) is 7.99. The smallest absolute Gasteiger partial charge is 0.0103 e. The molecule has 0 aromatic carbocycles. The molecule has 1 aliphatic carbocycles. The molecular formula is C17H31N. The zero-order valence-corrected chi connectivity index (χ0v) is 12.4. The molecule has 1 rings (SSSR count). The fourth-order valence-corrected chi connectivity index (χ4v) is 2.98. The molecule has 0 bridgehead atoms. The lowest BCUT2D eigenvalue weighted by Crippen LogP contribution is -2.30. The summed E-state index contributed by atoms with van der Waals surface area (Å²) in [5.41, 5.74) is 0. The van der Waals surface area contributed by atoms with Crippen LogP contribution < -0.4 is 5.32 Å². The molecule has 1 fully saturated rings. The average Bonchev–Trinajstić information content (AvgIpc) is 2.42. The monoisotopic (exact) mass is 249 g/mol. The quantitative estimate of drug-likeness (QED) is 0.624. The first-order chi connectivity index (χ1) is 8.86. The van der Waals surface area contributed by atoms with Crippen LogP contribution >= 0.6 is 0 Å². The van der Waals surface area contributed by atoms with Gasteiger partial charge in [0.05, 0.1) is 0 Å². The van der Waals surface area contributed by atoms with Crippen molar-refractivity contribution < 1.29 is 0 Å². The Hall–Kier alpha value is -0.480. The van der Waals surface area contributed by atoms with Crippen molar-refractivity contribution in [2.75, 3.05) is 6.54 Å². The van der Waals surface area contributed by atoms with Crippen molar-refractivity contribution in [3.8, 4) is 11.8 Å². The third kappa shape index (κ3) is 7.07. The van der Waals surface area contributed by atoms with Crippen LogP contribution in [0.15, 0.2) is 0 Å². The highest BCUT2D eigenvalue weighted by atomic mass is 14.9. The molecule has 0 amide bonds. The Morgan fingerprint density at radius 2 is 1.94 bits per heavy atom. The second-order valence-electron chi connectivity index (χ2n) is 5.70. The van der Waals surface area contributed by atoms with Crippen molar-refractivity contribution >= 4 is 0 Å². The average molecular weight is 249 g/mol. The van der Waals surface area contributed by atoms with Gasteiger partial charge in [0.1, 0.15) is 0 Å². The lowest BCUT2D eigenvalue weighted by molar-refractivity contribution is 0.309. The molecule has 1 saturated carbocycles. The molecule has 1 atom stereocenters. The predicted molar refractivity (Wildman–Crippen MR) is 80.6 cm³/mol. The molecule has 0 spiro atoms. The van der Waals surface area contributed by atoms with Crippen LogP contribution in [0.5, 0.6) is 0 Å². The molecule has 104 valence electrons. The van der Waals surface area contributed by atoms with E-state index in [-0.39, 0.29) is 0 Å². The van der Waals surface area contributed by atoms with E-state index in [4.69, 9.17) is 0 Å². The minimum atomic E-state index is 0.702. The van der Waals surface area contributed by atoms with Crippen molar-refractivity contribution in [1.82, 2.24) is 5.32 Å². The van der Waals surface area contributed by atoms with Crippen LogP contribution in [0, 0.1) is 17.8 Å². The number of hydrogen-bond donors (Lipinski definition) is 1. The molecule has 1 aliphatic rings. The van der Waals surface area contributed by atoms with Gasteiger partial charge in [-0.05, 0) is 45.1 Å². The lowest BCUT2D eigenvalue weighted by atomic mass is 9.85. The minimum absolute atomic E-state index is 0.702. The molecule has 1 N–H and O–H groups in total. The van der Waals surface area contributed by atoms with Gasteiger partial charge < -0.3 is 5.32 Å². The van der Waals surface area contributed by atoms with Gasteiger partial charge in [-0.3, -0.25) is 0 Å². The topological polar surface area (TPSA) is 12.0 Å². The van der Waals surface area contributed by atoms with Crippen LogP contribution in [-0.4, -0.2) is 12.6 Å². The summed E-state index contributed by atoms with van der Waals surface area (Å²) in [7, 11) is 0. The molecule has 0 aliphatic heterocycles. The number of nitrogens with one attached hydrogen (secondary N) is 1. The first kappa shape index (κ1) is 15.6. The van der Waals surface area contributed by atoms with Gasteiger partial charge in [0, 0.05) is 12.5 Å². The third-order valence-electron chi connectivity index (χ3n) is 4.13. The molecule has 1 nitrogen and oxygen atoms in total. The zero-order valence-electron chi connectivity index (χ0n) is 12.4. The highest BCUT2D eigenvalue weighted by Crippen LogP contribution is 2.28. The molecule has 1 heteroatoms. The summed E-state index contributed by atoms with van der Waals surface area (Å²) < 4.78 is 0. The first-order valence-electron chi connectivity index (χ1n) is 7.99. The number of hydrogen-bond acceptors (Lipinski definition) is 1. The molecule has 1 unspecified atom stereocenters. The summed E-state index contributed by atoms with van der Waals surface area (Å²) in [6.45, 7) is 5.35. The van der Waals surface area contributed by atoms with Crippen LogP contribution in [0.4, 0.5) is 0 Å². The maximum atomic E-state index is 3.70. The molecule has 0 heterocycles. The maximum absolute atomic E-state index is 3.70. The Morgan fingerprint density at radius 3 is 2.61 bits per heavy atom. The summed E-state index contributed by atoms with van der Waals surface area (Å²) in [4.78, 5) is 0. The van der Waals surface area contributed by atoms with Crippen LogP contribution in [-0.2, 0) is 0 Å². The van der Waals surface area contributed by atoms with Crippen molar-refractivity contribution in [3.63, 3.8) is 0 Å². The summed E-state index contributed by atoms with van der Waals surface area (Å²) in [5, 5.41) is 3.70. The maximum Gasteiger partial charge on any atom is 0.0103 e. The van der Waals surface area contributed by atoms with Gasteiger partial charge in [-0.1, -0.05) is 39.0 Å². The van der Waals surface area contributed by atoms with Gasteiger partial charge >= 0.3 is 0 Å². The Kier molecular flexibility index (Phi) is 9.04. The molecule has 0 radical (unpaired) electrons. The van der Waals surface area contributed by atoms with E-state index in [9.17, 15) is 0 Å². The van der Waals surface area contributed by atoms with Crippen molar-refractivity contribution in [1.29, 1.82) is 0 Å². The fraction of sp³-hybridized carbons (Fsp3) is 0.882. The minimum Gasteiger partial charge on any atom is -0.314 e. The highest BCUT2D eigenvalue weighted by Gasteiger charge is 2.15.